The molecule has 0 aliphatic carbocycles. The lowest BCUT2D eigenvalue weighted by molar-refractivity contribution is -0.573. The van der Waals surface area contributed by atoms with E-state index in [9.17, 15) is 0 Å². The molecule has 0 aromatic carbocycles. The molecule has 1 nitrogen and oxygen atoms in total. The van der Waals surface area contributed by atoms with E-state index in [1.54, 1.807) is 5.71 Å². The fourth-order valence-corrected chi connectivity index (χ4v) is 2.47. The van der Waals surface area contributed by atoms with Crippen LogP contribution in [0.5, 0.6) is 0 Å². The number of hydrogen-bond donors (Lipinski definition) is 0. The van der Waals surface area contributed by atoms with E-state index in [1.165, 1.54) is 45.1 Å². The molecule has 0 spiro atoms. The molecule has 2 aliphatic heterocycles. The van der Waals surface area contributed by atoms with E-state index >= 15 is 0 Å². The second kappa shape index (κ2) is 2.96. The summed E-state index contributed by atoms with van der Waals surface area (Å²) in [6.07, 6.45) is 8.51. The van der Waals surface area contributed by atoms with Crippen molar-refractivity contribution in [1.29, 1.82) is 0 Å². The Labute approximate surface area is 69.1 Å². The molecule has 0 N–H and O–H groups in total. The summed E-state index contributed by atoms with van der Waals surface area (Å²) in [5, 5.41) is 0. The third-order valence-electron chi connectivity index (χ3n) is 3.14. The minimum Gasteiger partial charge on any atom is -0.235 e. The second-order valence-electron chi connectivity index (χ2n) is 3.96. The van der Waals surface area contributed by atoms with Crippen LogP contribution in [0.4, 0.5) is 0 Å². The van der Waals surface area contributed by atoms with E-state index in [-0.39, 0.29) is 0 Å². The van der Waals surface area contributed by atoms with Crippen LogP contribution in [-0.4, -0.2) is 22.9 Å². The van der Waals surface area contributed by atoms with E-state index in [0.717, 1.165) is 6.04 Å². The summed E-state index contributed by atoms with van der Waals surface area (Å²) < 4.78 is 2.66. The normalized spacial score (nSPS) is 31.9. The van der Waals surface area contributed by atoms with Crippen LogP contribution in [0.3, 0.4) is 0 Å². The topological polar surface area (TPSA) is 3.01 Å². The zero-order valence-corrected chi connectivity index (χ0v) is 7.47. The van der Waals surface area contributed by atoms with Gasteiger partial charge in [-0.05, 0) is 19.8 Å². The van der Waals surface area contributed by atoms with Crippen molar-refractivity contribution in [1.82, 2.24) is 0 Å². The lowest BCUT2D eigenvalue weighted by atomic mass is 9.95. The van der Waals surface area contributed by atoms with Crippen LogP contribution in [-0.2, 0) is 0 Å². The van der Waals surface area contributed by atoms with Gasteiger partial charge in [0.05, 0.1) is 0 Å². The Kier molecular flexibility index (Phi) is 1.97. The van der Waals surface area contributed by atoms with Gasteiger partial charge in [0.25, 0.3) is 0 Å². The first-order chi connectivity index (χ1) is 5.38. The van der Waals surface area contributed by atoms with Gasteiger partial charge < -0.3 is 0 Å². The van der Waals surface area contributed by atoms with Crippen molar-refractivity contribution in [2.75, 3.05) is 6.54 Å². The average Bonchev–Trinajstić information content (AvgIpc) is 2.06. The highest BCUT2D eigenvalue weighted by atomic mass is 15.1. The predicted octanol–water partition coefficient (Wildman–Crippen LogP) is 2.20. The first kappa shape index (κ1) is 7.33. The van der Waals surface area contributed by atoms with Gasteiger partial charge in [0.2, 0.25) is 0 Å². The van der Waals surface area contributed by atoms with Crippen molar-refractivity contribution in [2.45, 2.75) is 51.5 Å². The van der Waals surface area contributed by atoms with Gasteiger partial charge >= 0.3 is 0 Å². The summed E-state index contributed by atoms with van der Waals surface area (Å²) in [6.45, 7) is 3.72. The zero-order chi connectivity index (χ0) is 7.68. The molecular formula is C10H18N+. The Morgan fingerprint density at radius 2 is 2.00 bits per heavy atom. The summed E-state index contributed by atoms with van der Waals surface area (Å²) in [7, 11) is 0. The van der Waals surface area contributed by atoms with Crippen LogP contribution >= 0.6 is 0 Å². The molecule has 1 unspecified atom stereocenters. The lowest BCUT2D eigenvalue weighted by Gasteiger charge is -2.23. The van der Waals surface area contributed by atoms with E-state index in [0.29, 0.717) is 0 Å². The van der Waals surface area contributed by atoms with Gasteiger partial charge in [-0.25, -0.2) is 4.58 Å². The lowest BCUT2D eigenvalue weighted by Crippen LogP contribution is -2.36. The fraction of sp³-hybridized carbons (Fsp3) is 0.900. The largest absolute Gasteiger partial charge is 0.235 e. The Morgan fingerprint density at radius 1 is 1.18 bits per heavy atom. The molecular weight excluding hydrogens is 134 g/mol. The smallest absolute Gasteiger partial charge is 0.152 e. The average molecular weight is 152 g/mol. The second-order valence-corrected chi connectivity index (χ2v) is 3.96. The standard InChI is InChI=1S/C10H18N/c1-9-5-4-7-10-6-2-3-8-11(9)10/h9H,2-8H2,1H3/q+1. The summed E-state index contributed by atoms with van der Waals surface area (Å²) in [5.74, 6) is 0. The maximum atomic E-state index is 2.66. The number of hydrogen-bond acceptors (Lipinski definition) is 0. The zero-order valence-electron chi connectivity index (χ0n) is 7.47. The first-order valence-electron chi connectivity index (χ1n) is 4.99. The number of rotatable bonds is 0. The molecule has 2 aliphatic rings. The highest BCUT2D eigenvalue weighted by Gasteiger charge is 2.27. The maximum Gasteiger partial charge on any atom is 0.152 e. The Hall–Kier alpha value is -0.330. The summed E-state index contributed by atoms with van der Waals surface area (Å²) in [4.78, 5) is 0. The highest BCUT2D eigenvalue weighted by Crippen LogP contribution is 2.20. The minimum atomic E-state index is 0.846. The number of nitrogens with zero attached hydrogens (tertiary/aromatic N) is 1. The quantitative estimate of drug-likeness (QED) is 0.468. The summed E-state index contributed by atoms with van der Waals surface area (Å²) in [6, 6.07) is 0.846. The van der Waals surface area contributed by atoms with Gasteiger partial charge in [0.1, 0.15) is 12.6 Å². The van der Waals surface area contributed by atoms with Crippen molar-refractivity contribution < 1.29 is 4.58 Å². The van der Waals surface area contributed by atoms with Gasteiger partial charge in [-0.3, -0.25) is 0 Å². The van der Waals surface area contributed by atoms with Gasteiger partial charge in [0, 0.05) is 25.7 Å². The van der Waals surface area contributed by atoms with Crippen LogP contribution in [0.15, 0.2) is 0 Å². The molecule has 0 radical (unpaired) electrons. The van der Waals surface area contributed by atoms with E-state index in [4.69, 9.17) is 0 Å². The van der Waals surface area contributed by atoms with Crippen LogP contribution in [0.25, 0.3) is 0 Å². The molecule has 0 aromatic rings. The maximum absolute atomic E-state index is 2.66. The molecule has 0 aromatic heterocycles. The van der Waals surface area contributed by atoms with E-state index in [1.807, 2.05) is 0 Å². The molecule has 2 heterocycles. The van der Waals surface area contributed by atoms with Crippen molar-refractivity contribution in [3.05, 3.63) is 0 Å². The minimum absolute atomic E-state index is 0.846. The Bertz CT molecular complexity index is 177. The molecule has 0 bridgehead atoms. The monoisotopic (exact) mass is 152 g/mol. The molecule has 11 heavy (non-hydrogen) atoms. The SMILES string of the molecule is CC1CCCC2=[N+]1CCCC2. The third kappa shape index (κ3) is 1.33. The predicted molar refractivity (Wildman–Crippen MR) is 47.3 cm³/mol. The third-order valence-corrected chi connectivity index (χ3v) is 3.14. The van der Waals surface area contributed by atoms with Crippen LogP contribution < -0.4 is 0 Å². The molecule has 0 amide bonds. The molecule has 62 valence electrons. The van der Waals surface area contributed by atoms with Crippen molar-refractivity contribution in [3.63, 3.8) is 0 Å². The van der Waals surface area contributed by atoms with Gasteiger partial charge in [-0.2, -0.15) is 0 Å². The first-order valence-corrected chi connectivity index (χ1v) is 4.99. The molecule has 0 saturated heterocycles. The van der Waals surface area contributed by atoms with Crippen molar-refractivity contribution >= 4 is 5.71 Å². The van der Waals surface area contributed by atoms with Gasteiger partial charge in [-0.15, -0.1) is 0 Å². The van der Waals surface area contributed by atoms with E-state index < -0.39 is 0 Å². The van der Waals surface area contributed by atoms with Gasteiger partial charge in [-0.1, -0.05) is 0 Å². The van der Waals surface area contributed by atoms with Crippen molar-refractivity contribution in [2.24, 2.45) is 0 Å². The van der Waals surface area contributed by atoms with E-state index in [2.05, 4.69) is 11.5 Å². The van der Waals surface area contributed by atoms with Crippen LogP contribution in [0, 0.1) is 0 Å². The fourth-order valence-electron chi connectivity index (χ4n) is 2.47. The molecule has 0 fully saturated rings. The summed E-state index contributed by atoms with van der Waals surface area (Å²) in [5.41, 5.74) is 1.76. The molecule has 0 saturated carbocycles. The Balaban J connectivity index is 2.21. The molecule has 2 rings (SSSR count). The highest BCUT2D eigenvalue weighted by molar-refractivity contribution is 5.80. The summed E-state index contributed by atoms with van der Waals surface area (Å²) >= 11 is 0. The Morgan fingerprint density at radius 3 is 2.82 bits per heavy atom. The van der Waals surface area contributed by atoms with Crippen LogP contribution in [0.1, 0.15) is 45.4 Å². The van der Waals surface area contributed by atoms with Crippen molar-refractivity contribution in [3.8, 4) is 0 Å². The van der Waals surface area contributed by atoms with Crippen LogP contribution in [0.2, 0.25) is 0 Å². The van der Waals surface area contributed by atoms with Gasteiger partial charge in [0.15, 0.2) is 5.71 Å². The molecule has 1 atom stereocenters. The molecule has 1 heteroatoms.